The molecule has 0 amide bonds. The maximum atomic E-state index is 9.29. The lowest BCUT2D eigenvalue weighted by molar-refractivity contribution is 0.243. The predicted molar refractivity (Wildman–Crippen MR) is 45.5 cm³/mol. The fourth-order valence-electron chi connectivity index (χ4n) is 0.623. The van der Waals surface area contributed by atoms with E-state index in [1.807, 2.05) is 19.0 Å². The third kappa shape index (κ3) is 4.67. The molecule has 0 aliphatic rings. The quantitative estimate of drug-likeness (QED) is 0.629. The molecule has 0 bridgehead atoms. The van der Waals surface area contributed by atoms with Gasteiger partial charge in [0.15, 0.2) is 0 Å². The second-order valence-corrected chi connectivity index (χ2v) is 2.76. The highest BCUT2D eigenvalue weighted by Crippen LogP contribution is 2.05. The topological polar surface area (TPSA) is 32.7 Å². The second kappa shape index (κ2) is 5.02. The van der Waals surface area contributed by atoms with E-state index in [1.54, 1.807) is 14.0 Å². The molecule has 0 aromatic heterocycles. The van der Waals surface area contributed by atoms with E-state index < -0.39 is 0 Å². The molecule has 3 nitrogen and oxygen atoms in total. The van der Waals surface area contributed by atoms with E-state index in [-0.39, 0.29) is 0 Å². The van der Waals surface area contributed by atoms with Crippen LogP contribution in [0, 0.1) is 0 Å². The minimum absolute atomic E-state index is 0.334. The Bertz CT molecular complexity index is 141. The average Bonchev–Trinajstić information content (AvgIpc) is 1.98. The fourth-order valence-corrected chi connectivity index (χ4v) is 0.623. The van der Waals surface area contributed by atoms with Crippen LogP contribution in [0.25, 0.3) is 0 Å². The number of methoxy groups -OCH3 is 1. The van der Waals surface area contributed by atoms with Gasteiger partial charge >= 0.3 is 0 Å². The van der Waals surface area contributed by atoms with Crippen molar-refractivity contribution in [2.75, 3.05) is 27.7 Å². The van der Waals surface area contributed by atoms with Crippen molar-refractivity contribution in [1.29, 1.82) is 0 Å². The summed E-state index contributed by atoms with van der Waals surface area (Å²) in [5.41, 5.74) is 0. The Balaban J connectivity index is 3.76. The molecular weight excluding hydrogens is 142 g/mol. The number of aliphatic hydroxyl groups is 1. The Morgan fingerprint density at radius 3 is 2.36 bits per heavy atom. The molecule has 0 aromatic rings. The number of aliphatic hydroxyl groups excluding tert-OH is 1. The van der Waals surface area contributed by atoms with Gasteiger partial charge in [-0.05, 0) is 21.0 Å². The van der Waals surface area contributed by atoms with Gasteiger partial charge in [0, 0.05) is 13.0 Å². The molecule has 0 saturated carbocycles. The van der Waals surface area contributed by atoms with E-state index >= 15 is 0 Å². The number of hydrogen-bond acceptors (Lipinski definition) is 3. The van der Waals surface area contributed by atoms with Crippen LogP contribution >= 0.6 is 0 Å². The van der Waals surface area contributed by atoms with Crippen molar-refractivity contribution in [3.63, 3.8) is 0 Å². The highest BCUT2D eigenvalue weighted by Gasteiger charge is 2.00. The first-order valence-corrected chi connectivity index (χ1v) is 3.65. The van der Waals surface area contributed by atoms with Crippen LogP contribution in [-0.4, -0.2) is 37.8 Å². The molecule has 3 heteroatoms. The van der Waals surface area contributed by atoms with Crippen LogP contribution in [-0.2, 0) is 4.74 Å². The highest BCUT2D eigenvalue weighted by molar-refractivity contribution is 4.96. The smallest absolute Gasteiger partial charge is 0.131 e. The van der Waals surface area contributed by atoms with Crippen LogP contribution in [0.15, 0.2) is 11.5 Å². The van der Waals surface area contributed by atoms with Crippen molar-refractivity contribution in [3.8, 4) is 0 Å². The average molecular weight is 159 g/mol. The Hall–Kier alpha value is -0.700. The van der Waals surface area contributed by atoms with E-state index in [9.17, 15) is 5.11 Å². The molecular formula is C8H17NO2. The largest absolute Gasteiger partial charge is 0.509 e. The number of allylic oxidation sites excluding steroid dienone is 1. The normalized spacial score (nSPS) is 13.2. The van der Waals surface area contributed by atoms with Gasteiger partial charge < -0.3 is 14.7 Å². The summed E-state index contributed by atoms with van der Waals surface area (Å²) in [6.07, 6.45) is 0.646. The first-order valence-electron chi connectivity index (χ1n) is 3.65. The van der Waals surface area contributed by atoms with E-state index in [0.29, 0.717) is 17.9 Å². The number of hydrogen-bond donors (Lipinski definition) is 1. The summed E-state index contributed by atoms with van der Waals surface area (Å²) >= 11 is 0. The van der Waals surface area contributed by atoms with Crippen LogP contribution in [0.3, 0.4) is 0 Å². The summed E-state index contributed by atoms with van der Waals surface area (Å²) in [7, 11) is 5.49. The summed E-state index contributed by atoms with van der Waals surface area (Å²) in [5, 5.41) is 9.29. The summed E-state index contributed by atoms with van der Waals surface area (Å²) in [6, 6.07) is 0. The molecule has 0 rings (SSSR count). The third-order valence-corrected chi connectivity index (χ3v) is 1.51. The fraction of sp³-hybridized carbons (Fsp3) is 0.750. The van der Waals surface area contributed by atoms with Crippen molar-refractivity contribution < 1.29 is 9.84 Å². The van der Waals surface area contributed by atoms with Crippen molar-refractivity contribution in [3.05, 3.63) is 11.5 Å². The molecule has 0 heterocycles. The molecule has 66 valence electrons. The summed E-state index contributed by atoms with van der Waals surface area (Å²) in [4.78, 5) is 2.01. The number of ether oxygens (including phenoxy) is 1. The monoisotopic (exact) mass is 159 g/mol. The Labute approximate surface area is 68.3 Å². The summed E-state index contributed by atoms with van der Waals surface area (Å²) < 4.78 is 4.86. The van der Waals surface area contributed by atoms with Crippen molar-refractivity contribution in [2.45, 2.75) is 13.3 Å². The number of nitrogens with zero attached hydrogens (tertiary/aromatic N) is 1. The van der Waals surface area contributed by atoms with Gasteiger partial charge in [0.05, 0.1) is 7.11 Å². The molecule has 0 aliphatic heterocycles. The molecule has 0 atom stereocenters. The van der Waals surface area contributed by atoms with Gasteiger partial charge in [-0.15, -0.1) is 0 Å². The zero-order valence-corrected chi connectivity index (χ0v) is 7.72. The van der Waals surface area contributed by atoms with Gasteiger partial charge in [-0.25, -0.2) is 0 Å². The van der Waals surface area contributed by atoms with E-state index in [2.05, 4.69) is 0 Å². The van der Waals surface area contributed by atoms with E-state index in [1.165, 1.54) is 0 Å². The van der Waals surface area contributed by atoms with Crippen molar-refractivity contribution >= 4 is 0 Å². The molecule has 0 spiro atoms. The lowest BCUT2D eigenvalue weighted by atomic mass is 10.3. The zero-order chi connectivity index (χ0) is 8.85. The van der Waals surface area contributed by atoms with Gasteiger partial charge in [-0.3, -0.25) is 0 Å². The Kier molecular flexibility index (Phi) is 4.70. The summed E-state index contributed by atoms with van der Waals surface area (Å²) in [6.45, 7) is 2.59. The molecule has 0 radical (unpaired) electrons. The van der Waals surface area contributed by atoms with Gasteiger partial charge in [0.2, 0.25) is 0 Å². The third-order valence-electron chi connectivity index (χ3n) is 1.51. The predicted octanol–water partition coefficient (Wildman–Crippen LogP) is 1.37. The molecule has 0 unspecified atom stereocenters. The second-order valence-electron chi connectivity index (χ2n) is 2.76. The lowest BCUT2D eigenvalue weighted by Crippen LogP contribution is -2.13. The van der Waals surface area contributed by atoms with Crippen LogP contribution in [0.2, 0.25) is 0 Å². The van der Waals surface area contributed by atoms with Crippen LogP contribution < -0.4 is 0 Å². The van der Waals surface area contributed by atoms with Gasteiger partial charge in [0.1, 0.15) is 11.5 Å². The summed E-state index contributed by atoms with van der Waals surface area (Å²) in [5.74, 6) is 0.938. The van der Waals surface area contributed by atoms with Crippen LogP contribution in [0.5, 0.6) is 0 Å². The van der Waals surface area contributed by atoms with Gasteiger partial charge in [0.25, 0.3) is 0 Å². The zero-order valence-electron chi connectivity index (χ0n) is 7.72. The Morgan fingerprint density at radius 2 is 2.00 bits per heavy atom. The minimum atomic E-state index is 0.334. The standard InChI is InChI=1S/C8H17NO2/c1-7(11-4)8(10)5-6-9(2)3/h10H,5-6H2,1-4H3/b8-7-. The molecule has 0 aliphatic carbocycles. The molecule has 0 aromatic carbocycles. The first-order chi connectivity index (χ1) is 5.07. The maximum Gasteiger partial charge on any atom is 0.131 e. The van der Waals surface area contributed by atoms with Crippen molar-refractivity contribution in [2.24, 2.45) is 0 Å². The van der Waals surface area contributed by atoms with Crippen LogP contribution in [0.4, 0.5) is 0 Å². The number of rotatable bonds is 4. The van der Waals surface area contributed by atoms with E-state index in [4.69, 9.17) is 4.74 Å². The molecule has 11 heavy (non-hydrogen) atoms. The maximum absolute atomic E-state index is 9.29. The minimum Gasteiger partial charge on any atom is -0.509 e. The SMILES string of the molecule is CO/C(C)=C(\O)CCN(C)C. The van der Waals surface area contributed by atoms with Crippen LogP contribution in [0.1, 0.15) is 13.3 Å². The molecule has 1 N–H and O–H groups in total. The Morgan fingerprint density at radius 1 is 1.45 bits per heavy atom. The molecule has 0 saturated heterocycles. The van der Waals surface area contributed by atoms with E-state index in [0.717, 1.165) is 6.54 Å². The first kappa shape index (κ1) is 10.3. The highest BCUT2D eigenvalue weighted by atomic mass is 16.5. The van der Waals surface area contributed by atoms with Crippen molar-refractivity contribution in [1.82, 2.24) is 4.90 Å². The van der Waals surface area contributed by atoms with Gasteiger partial charge in [-0.2, -0.15) is 0 Å². The van der Waals surface area contributed by atoms with Gasteiger partial charge in [-0.1, -0.05) is 0 Å². The lowest BCUT2D eigenvalue weighted by Gasteiger charge is -2.09. The molecule has 0 fully saturated rings.